The first-order valence-corrected chi connectivity index (χ1v) is 6.33. The molecule has 4 nitrogen and oxygen atoms in total. The summed E-state index contributed by atoms with van der Waals surface area (Å²) in [6.07, 6.45) is 2.51. The maximum absolute atomic E-state index is 8.76. The van der Waals surface area contributed by atoms with Crippen LogP contribution in [0.1, 0.15) is 30.1 Å². The Morgan fingerprint density at radius 3 is 3.00 bits per heavy atom. The van der Waals surface area contributed by atoms with E-state index in [1.165, 1.54) is 18.5 Å². The number of hydrogen-bond donors (Lipinski definition) is 1. The zero-order valence-corrected chi connectivity index (χ0v) is 9.87. The van der Waals surface area contributed by atoms with Gasteiger partial charge in [0.1, 0.15) is 17.6 Å². The lowest BCUT2D eigenvalue weighted by Gasteiger charge is -2.00. The van der Waals surface area contributed by atoms with Crippen molar-refractivity contribution in [3.63, 3.8) is 0 Å². The summed E-state index contributed by atoms with van der Waals surface area (Å²) in [6, 6.07) is 7.34. The van der Waals surface area contributed by atoms with Crippen molar-refractivity contribution in [1.82, 2.24) is 9.97 Å². The first-order chi connectivity index (χ1) is 8.35. The molecule has 5 heteroatoms. The Hall–Kier alpha value is -1.93. The Kier molecular flexibility index (Phi) is 2.50. The van der Waals surface area contributed by atoms with Crippen LogP contribution in [0, 0.1) is 11.3 Å². The van der Waals surface area contributed by atoms with Crippen molar-refractivity contribution in [1.29, 1.82) is 5.26 Å². The molecule has 1 saturated carbocycles. The van der Waals surface area contributed by atoms with Crippen LogP contribution in [0.4, 0.5) is 10.9 Å². The third kappa shape index (κ3) is 2.27. The van der Waals surface area contributed by atoms with E-state index >= 15 is 0 Å². The van der Waals surface area contributed by atoms with Gasteiger partial charge in [-0.2, -0.15) is 5.26 Å². The zero-order chi connectivity index (χ0) is 11.7. The molecule has 84 valence electrons. The van der Waals surface area contributed by atoms with Crippen molar-refractivity contribution in [2.75, 3.05) is 5.32 Å². The molecule has 17 heavy (non-hydrogen) atoms. The quantitative estimate of drug-likeness (QED) is 0.898. The standard InChI is InChI=1S/C12H10N4S/c13-6-9-2-1-3-11(14-9)16-12-15-10(7-17-12)8-4-5-8/h1-3,7-8H,4-5H2,(H,14,15,16). The van der Waals surface area contributed by atoms with E-state index in [0.717, 1.165) is 5.13 Å². The molecule has 0 unspecified atom stereocenters. The van der Waals surface area contributed by atoms with Gasteiger partial charge in [-0.15, -0.1) is 11.3 Å². The topological polar surface area (TPSA) is 61.6 Å². The molecule has 2 aromatic heterocycles. The average Bonchev–Trinajstić information content (AvgIpc) is 3.11. The number of nitrogens with one attached hydrogen (secondary N) is 1. The maximum Gasteiger partial charge on any atom is 0.188 e. The molecule has 0 atom stereocenters. The van der Waals surface area contributed by atoms with Crippen LogP contribution in [0.2, 0.25) is 0 Å². The molecule has 3 rings (SSSR count). The molecule has 0 saturated heterocycles. The molecule has 0 radical (unpaired) electrons. The van der Waals surface area contributed by atoms with Crippen LogP contribution in [0.5, 0.6) is 0 Å². The van der Waals surface area contributed by atoms with E-state index in [1.54, 1.807) is 17.4 Å². The molecule has 2 aromatic rings. The van der Waals surface area contributed by atoms with Gasteiger partial charge in [0.15, 0.2) is 5.13 Å². The summed E-state index contributed by atoms with van der Waals surface area (Å²) in [5.74, 6) is 1.33. The summed E-state index contributed by atoms with van der Waals surface area (Å²) in [5.41, 5.74) is 1.59. The minimum Gasteiger partial charge on any atom is -0.316 e. The predicted octanol–water partition coefficient (Wildman–Crippen LogP) is 3.03. The fraction of sp³-hybridized carbons (Fsp3) is 0.250. The van der Waals surface area contributed by atoms with Gasteiger partial charge in [0.2, 0.25) is 0 Å². The van der Waals surface area contributed by atoms with Gasteiger partial charge >= 0.3 is 0 Å². The highest BCUT2D eigenvalue weighted by molar-refractivity contribution is 7.13. The first-order valence-electron chi connectivity index (χ1n) is 5.45. The third-order valence-corrected chi connectivity index (χ3v) is 3.39. The van der Waals surface area contributed by atoms with E-state index in [0.29, 0.717) is 17.4 Å². The second kappa shape index (κ2) is 4.15. The van der Waals surface area contributed by atoms with Crippen LogP contribution >= 0.6 is 11.3 Å². The second-order valence-electron chi connectivity index (χ2n) is 4.00. The zero-order valence-electron chi connectivity index (χ0n) is 9.05. The number of nitrogens with zero attached hydrogens (tertiary/aromatic N) is 3. The lowest BCUT2D eigenvalue weighted by molar-refractivity contribution is 1.05. The lowest BCUT2D eigenvalue weighted by Crippen LogP contribution is -1.94. The summed E-state index contributed by atoms with van der Waals surface area (Å²) in [7, 11) is 0. The van der Waals surface area contributed by atoms with E-state index < -0.39 is 0 Å². The molecule has 1 fully saturated rings. The van der Waals surface area contributed by atoms with Gasteiger partial charge < -0.3 is 5.32 Å². The summed E-state index contributed by atoms with van der Waals surface area (Å²) in [4.78, 5) is 8.66. The number of hydrogen-bond acceptors (Lipinski definition) is 5. The molecule has 1 aliphatic carbocycles. The molecule has 0 aromatic carbocycles. The van der Waals surface area contributed by atoms with Crippen LogP contribution in [0.3, 0.4) is 0 Å². The Morgan fingerprint density at radius 1 is 1.35 bits per heavy atom. The smallest absolute Gasteiger partial charge is 0.188 e. The van der Waals surface area contributed by atoms with E-state index in [4.69, 9.17) is 5.26 Å². The fourth-order valence-electron chi connectivity index (χ4n) is 1.59. The van der Waals surface area contributed by atoms with Crippen LogP contribution < -0.4 is 5.32 Å². The molecular formula is C12H10N4S. The van der Waals surface area contributed by atoms with Crippen LogP contribution in [0.25, 0.3) is 0 Å². The lowest BCUT2D eigenvalue weighted by atomic mass is 10.3. The highest BCUT2D eigenvalue weighted by Crippen LogP contribution is 2.41. The van der Waals surface area contributed by atoms with E-state index in [9.17, 15) is 0 Å². The molecule has 1 aliphatic rings. The molecule has 2 heterocycles. The number of anilines is 2. The summed E-state index contributed by atoms with van der Waals surface area (Å²) < 4.78 is 0. The van der Waals surface area contributed by atoms with Crippen molar-refractivity contribution in [2.24, 2.45) is 0 Å². The van der Waals surface area contributed by atoms with Gasteiger partial charge in [-0.1, -0.05) is 6.07 Å². The normalized spacial score (nSPS) is 14.3. The highest BCUT2D eigenvalue weighted by atomic mass is 32.1. The largest absolute Gasteiger partial charge is 0.316 e. The Morgan fingerprint density at radius 2 is 2.24 bits per heavy atom. The number of thiazole rings is 1. The predicted molar refractivity (Wildman–Crippen MR) is 66.3 cm³/mol. The van der Waals surface area contributed by atoms with Crippen LogP contribution in [-0.2, 0) is 0 Å². The minimum absolute atomic E-state index is 0.411. The van der Waals surface area contributed by atoms with Crippen molar-refractivity contribution in [3.8, 4) is 6.07 Å². The molecule has 0 amide bonds. The SMILES string of the molecule is N#Cc1cccc(Nc2nc(C3CC3)cs2)n1. The molecule has 0 spiro atoms. The first kappa shape index (κ1) is 10.2. The fourth-order valence-corrected chi connectivity index (χ4v) is 2.39. The Bertz CT molecular complexity index is 580. The van der Waals surface area contributed by atoms with Crippen LogP contribution in [0.15, 0.2) is 23.6 Å². The maximum atomic E-state index is 8.76. The summed E-state index contributed by atoms with van der Waals surface area (Å²) >= 11 is 1.58. The number of nitriles is 1. The number of aromatic nitrogens is 2. The third-order valence-electron chi connectivity index (χ3n) is 2.62. The van der Waals surface area contributed by atoms with Gasteiger partial charge in [-0.25, -0.2) is 9.97 Å². The average molecular weight is 242 g/mol. The number of rotatable bonds is 3. The molecule has 0 aliphatic heterocycles. The highest BCUT2D eigenvalue weighted by Gasteiger charge is 2.26. The second-order valence-corrected chi connectivity index (χ2v) is 4.85. The molecular weight excluding hydrogens is 232 g/mol. The van der Waals surface area contributed by atoms with Gasteiger partial charge in [0, 0.05) is 11.3 Å². The van der Waals surface area contributed by atoms with Crippen molar-refractivity contribution >= 4 is 22.3 Å². The monoisotopic (exact) mass is 242 g/mol. The van der Waals surface area contributed by atoms with Crippen LogP contribution in [-0.4, -0.2) is 9.97 Å². The van der Waals surface area contributed by atoms with E-state index in [2.05, 4.69) is 20.7 Å². The molecule has 0 bridgehead atoms. The van der Waals surface area contributed by atoms with Gasteiger partial charge in [-0.3, -0.25) is 0 Å². The van der Waals surface area contributed by atoms with Gasteiger partial charge in [-0.05, 0) is 25.0 Å². The van der Waals surface area contributed by atoms with Crippen molar-refractivity contribution < 1.29 is 0 Å². The Labute approximate surface area is 103 Å². The van der Waals surface area contributed by atoms with E-state index in [-0.39, 0.29) is 0 Å². The minimum atomic E-state index is 0.411. The Balaban J connectivity index is 1.78. The summed E-state index contributed by atoms with van der Waals surface area (Å²) in [5, 5.41) is 14.8. The van der Waals surface area contributed by atoms with Crippen molar-refractivity contribution in [3.05, 3.63) is 35.0 Å². The van der Waals surface area contributed by atoms with E-state index in [1.807, 2.05) is 18.2 Å². The summed E-state index contributed by atoms with van der Waals surface area (Å²) in [6.45, 7) is 0. The van der Waals surface area contributed by atoms with Gasteiger partial charge in [0.25, 0.3) is 0 Å². The van der Waals surface area contributed by atoms with Crippen molar-refractivity contribution in [2.45, 2.75) is 18.8 Å². The van der Waals surface area contributed by atoms with Gasteiger partial charge in [0.05, 0.1) is 5.69 Å². The molecule has 1 N–H and O–H groups in total. The number of pyridine rings is 1.